The molecule has 78 valence electrons. The third-order valence-electron chi connectivity index (χ3n) is 2.99. The quantitative estimate of drug-likeness (QED) is 0.676. The summed E-state index contributed by atoms with van der Waals surface area (Å²) in [6, 6.07) is 0.265. The molecule has 0 aliphatic carbocycles. The van der Waals surface area contributed by atoms with Gasteiger partial charge in [0, 0.05) is 19.6 Å². The summed E-state index contributed by atoms with van der Waals surface area (Å²) < 4.78 is 0. The molecule has 0 aromatic rings. The summed E-state index contributed by atoms with van der Waals surface area (Å²) in [6.07, 6.45) is 0. The number of piperazine rings is 1. The van der Waals surface area contributed by atoms with Gasteiger partial charge in [-0.3, -0.25) is 4.90 Å². The summed E-state index contributed by atoms with van der Waals surface area (Å²) in [6.45, 7) is 10.2. The van der Waals surface area contributed by atoms with Crippen molar-refractivity contribution in [3.8, 4) is 0 Å². The van der Waals surface area contributed by atoms with E-state index in [1.54, 1.807) is 0 Å². The molecular formula is C10H22N2O. The monoisotopic (exact) mass is 186 g/mol. The molecule has 3 nitrogen and oxygen atoms in total. The van der Waals surface area contributed by atoms with Crippen LogP contribution in [0.3, 0.4) is 0 Å². The summed E-state index contributed by atoms with van der Waals surface area (Å²) in [5, 5.41) is 9.96. The number of rotatable bonds is 2. The lowest BCUT2D eigenvalue weighted by Crippen LogP contribution is -2.59. The fourth-order valence-electron chi connectivity index (χ4n) is 1.98. The summed E-state index contributed by atoms with van der Waals surface area (Å²) in [7, 11) is 2.09. The Morgan fingerprint density at radius 3 is 2.46 bits per heavy atom. The molecule has 0 spiro atoms. The van der Waals surface area contributed by atoms with Crippen molar-refractivity contribution in [2.75, 3.05) is 33.2 Å². The van der Waals surface area contributed by atoms with Crippen LogP contribution in [0.4, 0.5) is 0 Å². The van der Waals surface area contributed by atoms with Gasteiger partial charge in [0.2, 0.25) is 0 Å². The molecule has 13 heavy (non-hydrogen) atoms. The maximum Gasteiger partial charge on any atom is 0.0758 e. The fourth-order valence-corrected chi connectivity index (χ4v) is 1.98. The predicted molar refractivity (Wildman–Crippen MR) is 54.8 cm³/mol. The van der Waals surface area contributed by atoms with Crippen molar-refractivity contribution in [2.45, 2.75) is 32.4 Å². The molecule has 1 atom stereocenters. The zero-order valence-corrected chi connectivity index (χ0v) is 9.25. The van der Waals surface area contributed by atoms with Crippen LogP contribution in [0.2, 0.25) is 0 Å². The van der Waals surface area contributed by atoms with Crippen LogP contribution in [0.25, 0.3) is 0 Å². The Morgan fingerprint density at radius 1 is 1.38 bits per heavy atom. The van der Waals surface area contributed by atoms with Crippen LogP contribution in [0.1, 0.15) is 20.8 Å². The van der Waals surface area contributed by atoms with Crippen LogP contribution in [-0.2, 0) is 0 Å². The molecule has 0 amide bonds. The van der Waals surface area contributed by atoms with Crippen molar-refractivity contribution in [3.05, 3.63) is 0 Å². The van der Waals surface area contributed by atoms with Crippen molar-refractivity contribution in [1.29, 1.82) is 0 Å². The Balaban J connectivity index is 2.60. The first kappa shape index (κ1) is 11.0. The van der Waals surface area contributed by atoms with E-state index in [1.165, 1.54) is 0 Å². The van der Waals surface area contributed by atoms with Gasteiger partial charge in [-0.2, -0.15) is 0 Å². The van der Waals surface area contributed by atoms with Gasteiger partial charge in [-0.05, 0) is 27.4 Å². The maximum absolute atomic E-state index is 9.96. The van der Waals surface area contributed by atoms with E-state index in [9.17, 15) is 5.11 Å². The Labute approximate surface area is 81.3 Å². The molecule has 0 radical (unpaired) electrons. The first-order valence-electron chi connectivity index (χ1n) is 5.10. The summed E-state index contributed by atoms with van der Waals surface area (Å²) in [5.41, 5.74) is -0.595. The molecule has 0 aromatic heterocycles. The molecule has 1 saturated heterocycles. The Bertz CT molecular complexity index is 165. The van der Waals surface area contributed by atoms with E-state index >= 15 is 0 Å². The second-order valence-electron chi connectivity index (χ2n) is 4.54. The molecular weight excluding hydrogens is 164 g/mol. The first-order chi connectivity index (χ1) is 5.95. The Kier molecular flexibility index (Phi) is 3.33. The second-order valence-corrected chi connectivity index (χ2v) is 4.54. The van der Waals surface area contributed by atoms with Crippen molar-refractivity contribution in [1.82, 2.24) is 9.80 Å². The molecule has 1 N–H and O–H groups in total. The van der Waals surface area contributed by atoms with Gasteiger partial charge < -0.3 is 10.0 Å². The van der Waals surface area contributed by atoms with E-state index in [0.29, 0.717) is 0 Å². The molecule has 0 aromatic carbocycles. The molecule has 1 aliphatic rings. The van der Waals surface area contributed by atoms with E-state index in [0.717, 1.165) is 26.2 Å². The SMILES string of the molecule is CCN1CCN(C)C(C(C)(C)O)C1. The fraction of sp³-hybridized carbons (Fsp3) is 1.00. The first-order valence-corrected chi connectivity index (χ1v) is 5.10. The lowest BCUT2D eigenvalue weighted by Gasteiger charge is -2.44. The molecule has 1 aliphatic heterocycles. The van der Waals surface area contributed by atoms with Crippen molar-refractivity contribution in [3.63, 3.8) is 0 Å². The third kappa shape index (κ3) is 2.66. The molecule has 1 rings (SSSR count). The van der Waals surface area contributed by atoms with E-state index < -0.39 is 5.60 Å². The highest BCUT2D eigenvalue weighted by Crippen LogP contribution is 2.18. The number of hydrogen-bond donors (Lipinski definition) is 1. The van der Waals surface area contributed by atoms with Crippen LogP contribution in [0.5, 0.6) is 0 Å². The summed E-state index contributed by atoms with van der Waals surface area (Å²) >= 11 is 0. The zero-order valence-electron chi connectivity index (χ0n) is 9.25. The smallest absolute Gasteiger partial charge is 0.0758 e. The highest BCUT2D eigenvalue weighted by Gasteiger charge is 2.34. The van der Waals surface area contributed by atoms with Crippen LogP contribution >= 0.6 is 0 Å². The Morgan fingerprint density at radius 2 is 2.00 bits per heavy atom. The molecule has 3 heteroatoms. The lowest BCUT2D eigenvalue weighted by atomic mass is 9.95. The van der Waals surface area contributed by atoms with Crippen molar-refractivity contribution in [2.24, 2.45) is 0 Å². The van der Waals surface area contributed by atoms with Crippen molar-refractivity contribution >= 4 is 0 Å². The van der Waals surface area contributed by atoms with Gasteiger partial charge in [0.15, 0.2) is 0 Å². The molecule has 1 fully saturated rings. The van der Waals surface area contributed by atoms with E-state index in [-0.39, 0.29) is 6.04 Å². The third-order valence-corrected chi connectivity index (χ3v) is 2.99. The largest absolute Gasteiger partial charge is 0.389 e. The van der Waals surface area contributed by atoms with E-state index in [2.05, 4.69) is 23.8 Å². The van der Waals surface area contributed by atoms with Crippen LogP contribution in [-0.4, -0.2) is 59.8 Å². The van der Waals surface area contributed by atoms with Crippen molar-refractivity contribution < 1.29 is 5.11 Å². The van der Waals surface area contributed by atoms with Crippen LogP contribution < -0.4 is 0 Å². The van der Waals surface area contributed by atoms with Gasteiger partial charge in [0.25, 0.3) is 0 Å². The van der Waals surface area contributed by atoms with Crippen LogP contribution in [0, 0.1) is 0 Å². The summed E-state index contributed by atoms with van der Waals surface area (Å²) in [5.74, 6) is 0. The predicted octanol–water partition coefficient (Wildman–Crippen LogP) is 0.393. The number of nitrogens with zero attached hydrogens (tertiary/aromatic N) is 2. The molecule has 0 bridgehead atoms. The van der Waals surface area contributed by atoms with Gasteiger partial charge in [0.05, 0.1) is 11.6 Å². The van der Waals surface area contributed by atoms with Crippen LogP contribution in [0.15, 0.2) is 0 Å². The number of aliphatic hydroxyl groups is 1. The van der Waals surface area contributed by atoms with Gasteiger partial charge in [-0.1, -0.05) is 6.92 Å². The molecule has 1 heterocycles. The van der Waals surface area contributed by atoms with Gasteiger partial charge in [0.1, 0.15) is 0 Å². The maximum atomic E-state index is 9.96. The highest BCUT2D eigenvalue weighted by molar-refractivity contribution is 4.90. The normalized spacial score (nSPS) is 27.9. The van der Waals surface area contributed by atoms with Gasteiger partial charge >= 0.3 is 0 Å². The average molecular weight is 186 g/mol. The number of hydrogen-bond acceptors (Lipinski definition) is 3. The second kappa shape index (κ2) is 3.95. The minimum absolute atomic E-state index is 0.265. The Hall–Kier alpha value is -0.120. The zero-order chi connectivity index (χ0) is 10.1. The minimum atomic E-state index is -0.595. The summed E-state index contributed by atoms with van der Waals surface area (Å²) in [4.78, 5) is 4.65. The molecule has 1 unspecified atom stereocenters. The topological polar surface area (TPSA) is 26.7 Å². The minimum Gasteiger partial charge on any atom is -0.389 e. The van der Waals surface area contributed by atoms with E-state index in [4.69, 9.17) is 0 Å². The average Bonchev–Trinajstić information content (AvgIpc) is 2.03. The van der Waals surface area contributed by atoms with Gasteiger partial charge in [-0.25, -0.2) is 0 Å². The lowest BCUT2D eigenvalue weighted by molar-refractivity contribution is -0.0460. The van der Waals surface area contributed by atoms with Gasteiger partial charge in [-0.15, -0.1) is 0 Å². The highest BCUT2D eigenvalue weighted by atomic mass is 16.3. The number of likely N-dealkylation sites (N-methyl/N-ethyl adjacent to an activating group) is 2. The molecule has 0 saturated carbocycles. The standard InChI is InChI=1S/C10H22N2O/c1-5-12-7-6-11(4)9(8-12)10(2,3)13/h9,13H,5-8H2,1-4H3. The van der Waals surface area contributed by atoms with E-state index in [1.807, 2.05) is 13.8 Å².